The van der Waals surface area contributed by atoms with Crippen LogP contribution in [-0.4, -0.2) is 6.54 Å². The van der Waals surface area contributed by atoms with Gasteiger partial charge in [0, 0.05) is 6.54 Å². The summed E-state index contributed by atoms with van der Waals surface area (Å²) in [6, 6.07) is 4.46. The third-order valence-electron chi connectivity index (χ3n) is 2.91. The van der Waals surface area contributed by atoms with Crippen LogP contribution in [0.25, 0.3) is 0 Å². The van der Waals surface area contributed by atoms with Crippen molar-refractivity contribution in [3.8, 4) is 0 Å². The lowest BCUT2D eigenvalue weighted by molar-refractivity contribution is 0.628. The number of nitrogens with one attached hydrogen (secondary N) is 1. The lowest BCUT2D eigenvalue weighted by Crippen LogP contribution is -2.05. The predicted molar refractivity (Wildman–Crippen MR) is 65.9 cm³/mol. The maximum absolute atomic E-state index is 12.8. The molecule has 2 nitrogen and oxygen atoms in total. The number of allylic oxidation sites excluding steroid dienone is 1. The highest BCUT2D eigenvalue weighted by molar-refractivity contribution is 5.65. The molecule has 1 aromatic rings. The van der Waals surface area contributed by atoms with Crippen molar-refractivity contribution in [2.45, 2.75) is 25.7 Å². The second kappa shape index (κ2) is 5.01. The van der Waals surface area contributed by atoms with Gasteiger partial charge in [0.1, 0.15) is 5.82 Å². The Kier molecular flexibility index (Phi) is 3.44. The molecule has 0 heterocycles. The molecule has 2 rings (SSSR count). The topological polar surface area (TPSA) is 38.0 Å². The smallest absolute Gasteiger partial charge is 0.125 e. The monoisotopic (exact) mass is 220 g/mol. The van der Waals surface area contributed by atoms with E-state index in [-0.39, 0.29) is 5.82 Å². The van der Waals surface area contributed by atoms with Crippen LogP contribution in [0.5, 0.6) is 0 Å². The van der Waals surface area contributed by atoms with E-state index >= 15 is 0 Å². The molecule has 0 unspecified atom stereocenters. The molecule has 0 bridgehead atoms. The van der Waals surface area contributed by atoms with Crippen molar-refractivity contribution in [1.29, 1.82) is 0 Å². The molecule has 0 spiro atoms. The zero-order chi connectivity index (χ0) is 11.4. The van der Waals surface area contributed by atoms with E-state index in [0.29, 0.717) is 5.69 Å². The summed E-state index contributed by atoms with van der Waals surface area (Å²) < 4.78 is 12.8. The summed E-state index contributed by atoms with van der Waals surface area (Å²) in [5.74, 6) is -0.290. The van der Waals surface area contributed by atoms with Crippen molar-refractivity contribution >= 4 is 11.4 Å². The fraction of sp³-hybridized carbons (Fsp3) is 0.385. The molecule has 0 amide bonds. The lowest BCUT2D eigenvalue weighted by Gasteiger charge is -2.09. The molecule has 16 heavy (non-hydrogen) atoms. The van der Waals surface area contributed by atoms with Crippen molar-refractivity contribution < 1.29 is 4.39 Å². The van der Waals surface area contributed by atoms with Crippen LogP contribution in [0.15, 0.2) is 29.8 Å². The van der Waals surface area contributed by atoms with Gasteiger partial charge in [0.25, 0.3) is 0 Å². The first kappa shape index (κ1) is 11.0. The normalized spacial score (nSPS) is 14.9. The van der Waals surface area contributed by atoms with Crippen LogP contribution in [0.3, 0.4) is 0 Å². The average molecular weight is 220 g/mol. The molecule has 86 valence electrons. The van der Waals surface area contributed by atoms with Crippen LogP contribution in [0.2, 0.25) is 0 Å². The first-order valence-corrected chi connectivity index (χ1v) is 5.72. The molecule has 1 aliphatic rings. The molecule has 3 N–H and O–H groups in total. The van der Waals surface area contributed by atoms with Crippen LogP contribution in [-0.2, 0) is 0 Å². The maximum atomic E-state index is 12.8. The molecular weight excluding hydrogens is 203 g/mol. The molecule has 0 saturated heterocycles. The Morgan fingerprint density at radius 2 is 2.25 bits per heavy atom. The second-order valence-corrected chi connectivity index (χ2v) is 4.16. The molecule has 0 aliphatic heterocycles. The SMILES string of the molecule is Nc1cc(F)ccc1NCCC1=CCCC1. The standard InChI is InChI=1S/C13H17FN2/c14-11-5-6-13(12(15)9-11)16-8-7-10-3-1-2-4-10/h3,5-6,9,16H,1-2,4,7-8,15H2. The van der Waals surface area contributed by atoms with E-state index in [1.807, 2.05) is 0 Å². The third-order valence-corrected chi connectivity index (χ3v) is 2.91. The van der Waals surface area contributed by atoms with Crippen molar-refractivity contribution in [1.82, 2.24) is 0 Å². The molecule has 1 aliphatic carbocycles. The van der Waals surface area contributed by atoms with Gasteiger partial charge in [-0.2, -0.15) is 0 Å². The number of hydrogen-bond acceptors (Lipinski definition) is 2. The predicted octanol–water partition coefficient (Wildman–Crippen LogP) is 3.32. The van der Waals surface area contributed by atoms with E-state index in [0.717, 1.165) is 18.7 Å². The lowest BCUT2D eigenvalue weighted by atomic mass is 10.1. The minimum absolute atomic E-state index is 0.290. The van der Waals surface area contributed by atoms with Gasteiger partial charge in [-0.25, -0.2) is 4.39 Å². The van der Waals surface area contributed by atoms with Gasteiger partial charge in [-0.3, -0.25) is 0 Å². The van der Waals surface area contributed by atoms with Gasteiger partial charge in [0.15, 0.2) is 0 Å². The van der Waals surface area contributed by atoms with Gasteiger partial charge < -0.3 is 11.1 Å². The highest BCUT2D eigenvalue weighted by Gasteiger charge is 2.04. The van der Waals surface area contributed by atoms with Crippen LogP contribution in [0, 0.1) is 5.82 Å². The fourth-order valence-electron chi connectivity index (χ4n) is 2.02. The zero-order valence-corrected chi connectivity index (χ0v) is 9.30. The Morgan fingerprint density at radius 1 is 1.38 bits per heavy atom. The number of nitrogen functional groups attached to an aromatic ring is 1. The molecule has 0 saturated carbocycles. The summed E-state index contributed by atoms with van der Waals surface area (Å²) in [4.78, 5) is 0. The molecule has 1 aromatic carbocycles. The number of hydrogen-bond donors (Lipinski definition) is 2. The highest BCUT2D eigenvalue weighted by atomic mass is 19.1. The number of benzene rings is 1. The number of rotatable bonds is 4. The zero-order valence-electron chi connectivity index (χ0n) is 9.30. The van der Waals surface area contributed by atoms with Gasteiger partial charge in [-0.05, 0) is 43.9 Å². The number of anilines is 2. The molecule has 0 atom stereocenters. The largest absolute Gasteiger partial charge is 0.397 e. The Morgan fingerprint density at radius 3 is 2.94 bits per heavy atom. The molecule has 0 radical (unpaired) electrons. The molecule has 3 heteroatoms. The van der Waals surface area contributed by atoms with Gasteiger partial charge in [-0.1, -0.05) is 11.6 Å². The maximum Gasteiger partial charge on any atom is 0.125 e. The van der Waals surface area contributed by atoms with Crippen molar-refractivity contribution in [2.24, 2.45) is 0 Å². The molecule has 0 fully saturated rings. The minimum Gasteiger partial charge on any atom is -0.397 e. The van der Waals surface area contributed by atoms with Gasteiger partial charge in [0.05, 0.1) is 11.4 Å². The van der Waals surface area contributed by atoms with Crippen LogP contribution in [0.1, 0.15) is 25.7 Å². The van der Waals surface area contributed by atoms with Gasteiger partial charge in [-0.15, -0.1) is 0 Å². The van der Waals surface area contributed by atoms with E-state index in [2.05, 4.69) is 11.4 Å². The highest BCUT2D eigenvalue weighted by Crippen LogP contribution is 2.22. The van der Waals surface area contributed by atoms with Crippen molar-refractivity contribution in [3.63, 3.8) is 0 Å². The Bertz CT molecular complexity index is 399. The quantitative estimate of drug-likeness (QED) is 0.603. The van der Waals surface area contributed by atoms with Crippen LogP contribution in [0.4, 0.5) is 15.8 Å². The fourth-order valence-corrected chi connectivity index (χ4v) is 2.02. The summed E-state index contributed by atoms with van der Waals surface area (Å²) in [5.41, 5.74) is 8.51. The molecular formula is C13H17FN2. The Balaban J connectivity index is 1.84. The first-order chi connectivity index (χ1) is 7.75. The van der Waals surface area contributed by atoms with E-state index in [4.69, 9.17) is 5.73 Å². The van der Waals surface area contributed by atoms with Crippen molar-refractivity contribution in [2.75, 3.05) is 17.6 Å². The summed E-state index contributed by atoms with van der Waals surface area (Å²) in [7, 11) is 0. The number of nitrogens with two attached hydrogens (primary N) is 1. The Labute approximate surface area is 95.3 Å². The summed E-state index contributed by atoms with van der Waals surface area (Å²) in [6.07, 6.45) is 7.09. The van der Waals surface area contributed by atoms with Gasteiger partial charge in [0.2, 0.25) is 0 Å². The number of halogens is 1. The first-order valence-electron chi connectivity index (χ1n) is 5.72. The van der Waals surface area contributed by atoms with Gasteiger partial charge >= 0.3 is 0 Å². The van der Waals surface area contributed by atoms with Crippen molar-refractivity contribution in [3.05, 3.63) is 35.7 Å². The Hall–Kier alpha value is -1.51. The minimum atomic E-state index is -0.290. The summed E-state index contributed by atoms with van der Waals surface area (Å²) >= 11 is 0. The third kappa shape index (κ3) is 2.75. The van der Waals surface area contributed by atoms with E-state index in [9.17, 15) is 4.39 Å². The second-order valence-electron chi connectivity index (χ2n) is 4.16. The van der Waals surface area contributed by atoms with E-state index < -0.39 is 0 Å². The van der Waals surface area contributed by atoms with Crippen LogP contribution < -0.4 is 11.1 Å². The van der Waals surface area contributed by atoms with E-state index in [1.165, 1.54) is 37.0 Å². The molecule has 0 aromatic heterocycles. The van der Waals surface area contributed by atoms with Crippen LogP contribution >= 0.6 is 0 Å². The summed E-state index contributed by atoms with van der Waals surface area (Å²) in [5, 5.41) is 3.23. The average Bonchev–Trinajstić information content (AvgIpc) is 2.74. The summed E-state index contributed by atoms with van der Waals surface area (Å²) in [6.45, 7) is 0.863. The van der Waals surface area contributed by atoms with E-state index in [1.54, 1.807) is 6.07 Å².